The van der Waals surface area contributed by atoms with E-state index in [1.807, 2.05) is 0 Å². The van der Waals surface area contributed by atoms with Gasteiger partial charge in [-0.05, 0) is 68.6 Å². The van der Waals surface area contributed by atoms with Crippen LogP contribution in [-0.2, 0) is 28.5 Å². The zero-order valence-corrected chi connectivity index (χ0v) is 17.9. The second-order valence-electron chi connectivity index (χ2n) is 10.9. The molecule has 11 atom stereocenters. The molecule has 3 saturated heterocycles. The van der Waals surface area contributed by atoms with Crippen LogP contribution in [0.2, 0.25) is 0 Å². The summed E-state index contributed by atoms with van der Waals surface area (Å²) in [6, 6.07) is 0. The van der Waals surface area contributed by atoms with Gasteiger partial charge in [-0.15, -0.1) is 0 Å². The molecule has 0 aromatic rings. The lowest BCUT2D eigenvalue weighted by Gasteiger charge is -2.46. The second-order valence-corrected chi connectivity index (χ2v) is 10.9. The van der Waals surface area contributed by atoms with Gasteiger partial charge in [0.15, 0.2) is 0 Å². The summed E-state index contributed by atoms with van der Waals surface area (Å²) in [6.45, 7) is 3.12. The lowest BCUT2D eigenvalue weighted by atomic mass is 9.74. The van der Waals surface area contributed by atoms with Crippen LogP contribution in [0, 0.1) is 41.4 Å². The minimum absolute atomic E-state index is 0.169. The lowest BCUT2D eigenvalue weighted by Crippen LogP contribution is -2.49. The van der Waals surface area contributed by atoms with Crippen molar-refractivity contribution in [1.29, 1.82) is 0 Å². The van der Waals surface area contributed by atoms with Gasteiger partial charge in [0.2, 0.25) is 0 Å². The summed E-state index contributed by atoms with van der Waals surface area (Å²) in [5, 5.41) is 0. The zero-order chi connectivity index (χ0) is 20.4. The second kappa shape index (κ2) is 7.47. The van der Waals surface area contributed by atoms with E-state index in [9.17, 15) is 9.59 Å². The van der Waals surface area contributed by atoms with Crippen LogP contribution in [0.5, 0.6) is 0 Å². The first-order chi connectivity index (χ1) is 14.6. The molecule has 0 aromatic carbocycles. The molecular formula is C24H34O6. The Morgan fingerprint density at radius 3 is 2.37 bits per heavy atom. The maximum atomic E-state index is 13.1. The largest absolute Gasteiger partial charge is 0.465 e. The summed E-state index contributed by atoms with van der Waals surface area (Å²) < 4.78 is 23.0. The molecular weight excluding hydrogens is 384 g/mol. The molecule has 7 rings (SSSR count). The molecule has 3 aliphatic heterocycles. The molecule has 6 heteroatoms. The molecule has 30 heavy (non-hydrogen) atoms. The van der Waals surface area contributed by atoms with Gasteiger partial charge in [0.1, 0.15) is 0 Å². The fourth-order valence-electron chi connectivity index (χ4n) is 7.33. The third-order valence-electron chi connectivity index (χ3n) is 9.14. The topological polar surface area (TPSA) is 74.4 Å². The van der Waals surface area contributed by atoms with E-state index in [1.165, 1.54) is 0 Å². The van der Waals surface area contributed by atoms with Crippen molar-refractivity contribution >= 4 is 11.9 Å². The number of fused-ring (bicyclic) bond motifs is 5. The summed E-state index contributed by atoms with van der Waals surface area (Å²) in [5.41, 5.74) is 0. The highest BCUT2D eigenvalue weighted by Crippen LogP contribution is 2.56. The van der Waals surface area contributed by atoms with E-state index < -0.39 is 0 Å². The van der Waals surface area contributed by atoms with Gasteiger partial charge in [0.05, 0.1) is 49.5 Å². The van der Waals surface area contributed by atoms with Crippen molar-refractivity contribution in [3.05, 3.63) is 0 Å². The van der Waals surface area contributed by atoms with Crippen molar-refractivity contribution in [3.8, 4) is 0 Å². The summed E-state index contributed by atoms with van der Waals surface area (Å²) in [7, 11) is 0. The maximum Gasteiger partial charge on any atom is 0.310 e. The summed E-state index contributed by atoms with van der Waals surface area (Å²) in [6.07, 6.45) is 9.95. The van der Waals surface area contributed by atoms with Gasteiger partial charge in [-0.2, -0.15) is 0 Å². The third-order valence-corrected chi connectivity index (χ3v) is 9.14. The van der Waals surface area contributed by atoms with Gasteiger partial charge in [0.25, 0.3) is 0 Å². The summed E-state index contributed by atoms with van der Waals surface area (Å²) in [5.74, 6) is 0.732. The molecule has 0 spiro atoms. The van der Waals surface area contributed by atoms with Crippen molar-refractivity contribution < 1.29 is 28.5 Å². The molecule has 166 valence electrons. The number of hydrogen-bond acceptors (Lipinski definition) is 6. The molecule has 7 aliphatic rings. The van der Waals surface area contributed by atoms with Crippen LogP contribution >= 0.6 is 0 Å². The van der Waals surface area contributed by atoms with E-state index in [0.717, 1.165) is 51.4 Å². The van der Waals surface area contributed by atoms with Crippen LogP contribution < -0.4 is 0 Å². The molecule has 7 fully saturated rings. The lowest BCUT2D eigenvalue weighted by molar-refractivity contribution is -0.199. The molecule has 0 radical (unpaired) electrons. The number of ether oxygens (including phenoxy) is 4. The van der Waals surface area contributed by atoms with E-state index in [4.69, 9.17) is 18.9 Å². The van der Waals surface area contributed by atoms with Gasteiger partial charge in [-0.1, -0.05) is 6.92 Å². The number of rotatable bonds is 6. The predicted octanol–water partition coefficient (Wildman–Crippen LogP) is 3.12. The number of hydrogen-bond donors (Lipinski definition) is 0. The van der Waals surface area contributed by atoms with Gasteiger partial charge in [-0.3, -0.25) is 9.59 Å². The van der Waals surface area contributed by atoms with Gasteiger partial charge < -0.3 is 18.9 Å². The summed E-state index contributed by atoms with van der Waals surface area (Å²) in [4.78, 5) is 26.2. The van der Waals surface area contributed by atoms with Crippen molar-refractivity contribution in [3.63, 3.8) is 0 Å². The molecule has 4 aliphatic carbocycles. The Bertz CT molecular complexity index is 699. The molecule has 0 amide bonds. The van der Waals surface area contributed by atoms with Crippen molar-refractivity contribution in [1.82, 2.24) is 0 Å². The number of carbonyl (C=O) groups is 2. The molecule has 11 unspecified atom stereocenters. The smallest absolute Gasteiger partial charge is 0.310 e. The van der Waals surface area contributed by atoms with Gasteiger partial charge in [-0.25, -0.2) is 0 Å². The van der Waals surface area contributed by atoms with Gasteiger partial charge >= 0.3 is 11.9 Å². The normalized spacial score (nSPS) is 50.4. The van der Waals surface area contributed by atoms with E-state index in [0.29, 0.717) is 49.3 Å². The Morgan fingerprint density at radius 2 is 1.60 bits per heavy atom. The average Bonchev–Trinajstić information content (AvgIpc) is 3.28. The first kappa shape index (κ1) is 19.5. The zero-order valence-electron chi connectivity index (χ0n) is 17.9. The van der Waals surface area contributed by atoms with Crippen LogP contribution in [0.15, 0.2) is 0 Å². The van der Waals surface area contributed by atoms with Crippen LogP contribution in [-0.4, -0.2) is 49.6 Å². The minimum Gasteiger partial charge on any atom is -0.465 e. The fraction of sp³-hybridized carbons (Fsp3) is 0.917. The van der Waals surface area contributed by atoms with E-state index in [2.05, 4.69) is 6.92 Å². The highest BCUT2D eigenvalue weighted by Gasteiger charge is 2.58. The maximum absolute atomic E-state index is 13.1. The summed E-state index contributed by atoms with van der Waals surface area (Å²) >= 11 is 0. The quantitative estimate of drug-likeness (QED) is 0.487. The van der Waals surface area contributed by atoms with Crippen molar-refractivity contribution in [2.45, 2.75) is 82.7 Å². The number of epoxide rings is 1. The Morgan fingerprint density at radius 1 is 0.800 bits per heavy atom. The predicted molar refractivity (Wildman–Crippen MR) is 106 cm³/mol. The molecule has 6 nitrogen and oxygen atoms in total. The average molecular weight is 419 g/mol. The number of carbonyl (C=O) groups excluding carboxylic acids is 2. The van der Waals surface area contributed by atoms with E-state index in [1.54, 1.807) is 0 Å². The molecule has 4 bridgehead atoms. The van der Waals surface area contributed by atoms with Crippen LogP contribution in [0.4, 0.5) is 0 Å². The highest BCUT2D eigenvalue weighted by atomic mass is 16.6. The van der Waals surface area contributed by atoms with Crippen LogP contribution in [0.25, 0.3) is 0 Å². The standard InChI is InChI=1S/C24H34O6/c1-12-6-15-8-17(12)22(24(26)27-10-13-2-5-18-20(7-13)30-18)21(15)23(25)28-11-14-3-4-16-9-19(14)29-16/h12-22H,2-11H2,1H3. The Balaban J connectivity index is 1.06. The Hall–Kier alpha value is -1.14. The van der Waals surface area contributed by atoms with Crippen molar-refractivity contribution in [2.75, 3.05) is 13.2 Å². The molecule has 0 N–H and O–H groups in total. The SMILES string of the molecule is CC1CC2CC1C(C(=O)OCC1CCC3OC3C1)C2C(=O)OCC1CCC2CC1O2. The van der Waals surface area contributed by atoms with Crippen LogP contribution in [0.1, 0.15) is 58.3 Å². The van der Waals surface area contributed by atoms with Gasteiger partial charge in [0, 0.05) is 12.3 Å². The van der Waals surface area contributed by atoms with E-state index in [-0.39, 0.29) is 41.7 Å². The van der Waals surface area contributed by atoms with E-state index >= 15 is 0 Å². The third kappa shape index (κ3) is 3.38. The van der Waals surface area contributed by atoms with Crippen LogP contribution in [0.3, 0.4) is 0 Å². The highest BCUT2D eigenvalue weighted by molar-refractivity contribution is 5.83. The molecule has 3 heterocycles. The number of esters is 2. The molecule has 4 saturated carbocycles. The Kier molecular flexibility index (Phi) is 4.87. The Labute approximate surface area is 178 Å². The van der Waals surface area contributed by atoms with Crippen molar-refractivity contribution in [2.24, 2.45) is 41.4 Å². The minimum atomic E-state index is -0.324. The monoisotopic (exact) mass is 418 g/mol. The molecule has 0 aromatic heterocycles. The first-order valence-electron chi connectivity index (χ1n) is 12.2. The fourth-order valence-corrected chi connectivity index (χ4v) is 7.33. The first-order valence-corrected chi connectivity index (χ1v) is 12.2.